The fourth-order valence-electron chi connectivity index (χ4n) is 1.57. The Morgan fingerprint density at radius 1 is 1.32 bits per heavy atom. The van der Waals surface area contributed by atoms with Crippen LogP contribution in [0.5, 0.6) is 0 Å². The van der Waals surface area contributed by atoms with Gasteiger partial charge in [0.2, 0.25) is 0 Å². The summed E-state index contributed by atoms with van der Waals surface area (Å²) < 4.78 is 0. The van der Waals surface area contributed by atoms with Crippen LogP contribution in [-0.2, 0) is 0 Å². The van der Waals surface area contributed by atoms with Crippen molar-refractivity contribution < 1.29 is 4.79 Å². The quantitative estimate of drug-likeness (QED) is 0.568. The van der Waals surface area contributed by atoms with Crippen molar-refractivity contribution in [3.63, 3.8) is 0 Å². The zero-order valence-corrected chi connectivity index (χ0v) is 9.92. The number of anilines is 2. The lowest BCUT2D eigenvalue weighted by molar-refractivity contribution is 0.102. The lowest BCUT2D eigenvalue weighted by atomic mass is 10.2. The third kappa shape index (κ3) is 2.86. The first-order valence-corrected chi connectivity index (χ1v) is 5.47. The molecule has 0 aliphatic heterocycles. The van der Waals surface area contributed by atoms with Gasteiger partial charge < -0.3 is 10.7 Å². The predicted molar refractivity (Wildman–Crippen MR) is 71.2 cm³/mol. The molecule has 0 unspecified atom stereocenters. The first-order valence-electron chi connectivity index (χ1n) is 5.47. The highest BCUT2D eigenvalue weighted by molar-refractivity contribution is 6.07. The standard InChI is InChI=1S/C13H11N5O/c14-8-9-3-1-4-10(7-9)17-13(19)11-5-2-6-16-12(11)18-15/h1-7H,15H2,(H,16,18)(H,17,19). The monoisotopic (exact) mass is 253 g/mol. The Balaban J connectivity index is 2.23. The van der Waals surface area contributed by atoms with Gasteiger partial charge in [-0.15, -0.1) is 0 Å². The molecule has 0 aliphatic rings. The minimum atomic E-state index is -0.351. The Bertz CT molecular complexity index is 647. The third-order valence-corrected chi connectivity index (χ3v) is 2.44. The molecule has 6 heteroatoms. The SMILES string of the molecule is N#Cc1cccc(NC(=O)c2cccnc2NN)c1. The minimum Gasteiger partial charge on any atom is -0.322 e. The van der Waals surface area contributed by atoms with Crippen molar-refractivity contribution >= 4 is 17.4 Å². The lowest BCUT2D eigenvalue weighted by Crippen LogP contribution is -2.18. The Labute approximate surface area is 109 Å². The lowest BCUT2D eigenvalue weighted by Gasteiger charge is -2.08. The van der Waals surface area contributed by atoms with Crippen LogP contribution in [0.2, 0.25) is 0 Å². The van der Waals surface area contributed by atoms with Crippen molar-refractivity contribution in [2.75, 3.05) is 10.7 Å². The predicted octanol–water partition coefficient (Wildman–Crippen LogP) is 1.49. The van der Waals surface area contributed by atoms with Gasteiger partial charge in [-0.05, 0) is 30.3 Å². The molecule has 0 saturated heterocycles. The van der Waals surface area contributed by atoms with Crippen molar-refractivity contribution in [2.45, 2.75) is 0 Å². The number of pyridine rings is 1. The number of hydrazine groups is 1. The zero-order valence-electron chi connectivity index (χ0n) is 9.92. The molecule has 1 amide bonds. The molecule has 0 atom stereocenters. The molecule has 2 aromatic rings. The third-order valence-electron chi connectivity index (χ3n) is 2.44. The average molecular weight is 253 g/mol. The highest BCUT2D eigenvalue weighted by atomic mass is 16.1. The van der Waals surface area contributed by atoms with E-state index in [0.717, 1.165) is 0 Å². The number of nitriles is 1. The minimum absolute atomic E-state index is 0.288. The van der Waals surface area contributed by atoms with Crippen LogP contribution in [-0.4, -0.2) is 10.9 Å². The molecule has 0 saturated carbocycles. The maximum Gasteiger partial charge on any atom is 0.259 e. The van der Waals surface area contributed by atoms with Gasteiger partial charge in [0, 0.05) is 11.9 Å². The van der Waals surface area contributed by atoms with E-state index >= 15 is 0 Å². The second-order valence-electron chi connectivity index (χ2n) is 3.69. The summed E-state index contributed by atoms with van der Waals surface area (Å²) in [4.78, 5) is 16.0. The number of benzene rings is 1. The van der Waals surface area contributed by atoms with E-state index < -0.39 is 0 Å². The van der Waals surface area contributed by atoms with E-state index in [1.807, 2.05) is 6.07 Å². The molecule has 1 heterocycles. The average Bonchev–Trinajstić information content (AvgIpc) is 2.47. The van der Waals surface area contributed by atoms with Gasteiger partial charge in [-0.25, -0.2) is 10.8 Å². The number of carbonyl (C=O) groups excluding carboxylic acids is 1. The Morgan fingerprint density at radius 2 is 2.16 bits per heavy atom. The molecule has 19 heavy (non-hydrogen) atoms. The summed E-state index contributed by atoms with van der Waals surface area (Å²) in [6, 6.07) is 11.9. The number of nitrogens with one attached hydrogen (secondary N) is 2. The van der Waals surface area contributed by atoms with Crippen LogP contribution < -0.4 is 16.6 Å². The molecule has 2 rings (SSSR count). The molecular formula is C13H11N5O. The van der Waals surface area contributed by atoms with Crippen LogP contribution in [0.15, 0.2) is 42.6 Å². The van der Waals surface area contributed by atoms with Gasteiger partial charge in [-0.3, -0.25) is 4.79 Å². The van der Waals surface area contributed by atoms with Gasteiger partial charge in [-0.2, -0.15) is 5.26 Å². The molecular weight excluding hydrogens is 242 g/mol. The fraction of sp³-hybridized carbons (Fsp3) is 0. The van der Waals surface area contributed by atoms with Gasteiger partial charge in [0.15, 0.2) is 5.82 Å². The van der Waals surface area contributed by atoms with E-state index in [1.54, 1.807) is 36.4 Å². The van der Waals surface area contributed by atoms with Gasteiger partial charge in [0.25, 0.3) is 5.91 Å². The highest BCUT2D eigenvalue weighted by Crippen LogP contribution is 2.15. The number of amides is 1. The summed E-state index contributed by atoms with van der Waals surface area (Å²) >= 11 is 0. The first kappa shape index (κ1) is 12.5. The van der Waals surface area contributed by atoms with Crippen molar-refractivity contribution in [3.05, 3.63) is 53.7 Å². The number of nitrogens with zero attached hydrogens (tertiary/aromatic N) is 2. The molecule has 0 fully saturated rings. The van der Waals surface area contributed by atoms with Gasteiger partial charge >= 0.3 is 0 Å². The van der Waals surface area contributed by atoms with E-state index in [0.29, 0.717) is 16.8 Å². The van der Waals surface area contributed by atoms with Crippen molar-refractivity contribution in [2.24, 2.45) is 5.84 Å². The normalized spacial score (nSPS) is 9.47. The smallest absolute Gasteiger partial charge is 0.259 e. The first-order chi connectivity index (χ1) is 9.24. The van der Waals surface area contributed by atoms with E-state index in [9.17, 15) is 4.79 Å². The van der Waals surface area contributed by atoms with Crippen LogP contribution in [0, 0.1) is 11.3 Å². The summed E-state index contributed by atoms with van der Waals surface area (Å²) in [7, 11) is 0. The van der Waals surface area contributed by atoms with Crippen LogP contribution in [0.3, 0.4) is 0 Å². The maximum absolute atomic E-state index is 12.1. The summed E-state index contributed by atoms with van der Waals surface area (Å²) in [5.41, 5.74) is 3.70. The molecule has 1 aromatic heterocycles. The van der Waals surface area contributed by atoms with Gasteiger partial charge in [-0.1, -0.05) is 6.07 Å². The largest absolute Gasteiger partial charge is 0.322 e. The molecule has 94 valence electrons. The number of hydrogen-bond donors (Lipinski definition) is 3. The molecule has 0 radical (unpaired) electrons. The van der Waals surface area contributed by atoms with Crippen LogP contribution >= 0.6 is 0 Å². The van der Waals surface area contributed by atoms with Gasteiger partial charge in [0.1, 0.15) is 0 Å². The van der Waals surface area contributed by atoms with Crippen molar-refractivity contribution in [3.8, 4) is 6.07 Å². The molecule has 0 aliphatic carbocycles. The summed E-state index contributed by atoms with van der Waals surface area (Å²) in [5, 5.41) is 11.5. The second-order valence-corrected chi connectivity index (χ2v) is 3.69. The number of rotatable bonds is 3. The Morgan fingerprint density at radius 3 is 2.89 bits per heavy atom. The van der Waals surface area contributed by atoms with Gasteiger partial charge in [0.05, 0.1) is 17.2 Å². The Hall–Kier alpha value is -2.91. The van der Waals surface area contributed by atoms with E-state index in [-0.39, 0.29) is 11.7 Å². The molecule has 1 aromatic carbocycles. The number of nitrogen functional groups attached to an aromatic ring is 1. The summed E-state index contributed by atoms with van der Waals surface area (Å²) in [6.07, 6.45) is 1.53. The van der Waals surface area contributed by atoms with Crippen LogP contribution in [0.1, 0.15) is 15.9 Å². The number of hydrogen-bond acceptors (Lipinski definition) is 5. The topological polar surface area (TPSA) is 104 Å². The van der Waals surface area contributed by atoms with Crippen molar-refractivity contribution in [1.29, 1.82) is 5.26 Å². The van der Waals surface area contributed by atoms with E-state index in [2.05, 4.69) is 15.7 Å². The van der Waals surface area contributed by atoms with Crippen LogP contribution in [0.4, 0.5) is 11.5 Å². The summed E-state index contributed by atoms with van der Waals surface area (Å²) in [5.74, 6) is 5.23. The fourth-order valence-corrected chi connectivity index (χ4v) is 1.57. The maximum atomic E-state index is 12.1. The molecule has 4 N–H and O–H groups in total. The van der Waals surface area contributed by atoms with E-state index in [4.69, 9.17) is 11.1 Å². The molecule has 0 bridgehead atoms. The summed E-state index contributed by atoms with van der Waals surface area (Å²) in [6.45, 7) is 0. The Kier molecular flexibility index (Phi) is 3.71. The van der Waals surface area contributed by atoms with Crippen molar-refractivity contribution in [1.82, 2.24) is 4.98 Å². The molecule has 6 nitrogen and oxygen atoms in total. The van der Waals surface area contributed by atoms with E-state index in [1.165, 1.54) is 6.20 Å². The number of carbonyl (C=O) groups is 1. The van der Waals surface area contributed by atoms with Crippen LogP contribution in [0.25, 0.3) is 0 Å². The number of aromatic nitrogens is 1. The zero-order chi connectivity index (χ0) is 13.7. The second kappa shape index (κ2) is 5.62. The number of nitrogens with two attached hydrogens (primary N) is 1. The highest BCUT2D eigenvalue weighted by Gasteiger charge is 2.11. The molecule has 0 spiro atoms.